The van der Waals surface area contributed by atoms with E-state index in [1.165, 1.54) is 6.20 Å². The number of pyridine rings is 1. The van der Waals surface area contributed by atoms with Crippen molar-refractivity contribution >= 4 is 15.9 Å². The minimum atomic E-state index is -4.52. The zero-order chi connectivity index (χ0) is 13.6. The van der Waals surface area contributed by atoms with Crippen LogP contribution in [-0.2, 0) is 12.6 Å². The van der Waals surface area contributed by atoms with Gasteiger partial charge in [0.2, 0.25) is 5.92 Å². The molecule has 7 heteroatoms. The summed E-state index contributed by atoms with van der Waals surface area (Å²) in [6.45, 7) is 0. The van der Waals surface area contributed by atoms with Gasteiger partial charge < -0.3 is 0 Å². The molecular formula is C11H9BrF5N. The van der Waals surface area contributed by atoms with E-state index >= 15 is 0 Å². The van der Waals surface area contributed by atoms with Crippen LogP contribution < -0.4 is 0 Å². The molecule has 1 aromatic heterocycles. The van der Waals surface area contributed by atoms with Gasteiger partial charge in [-0.15, -0.1) is 0 Å². The van der Waals surface area contributed by atoms with Crippen LogP contribution in [-0.4, -0.2) is 10.9 Å². The van der Waals surface area contributed by atoms with Crippen LogP contribution in [0.5, 0.6) is 0 Å². The first kappa shape index (κ1) is 13.7. The normalized spacial score (nSPS) is 19.7. The Bertz CT molecular complexity index is 449. The molecule has 1 heterocycles. The monoisotopic (exact) mass is 329 g/mol. The molecule has 0 unspecified atom stereocenters. The van der Waals surface area contributed by atoms with Crippen LogP contribution in [0.3, 0.4) is 0 Å². The van der Waals surface area contributed by atoms with Gasteiger partial charge in [-0.2, -0.15) is 13.2 Å². The smallest absolute Gasteiger partial charge is 0.259 e. The van der Waals surface area contributed by atoms with E-state index in [0.717, 1.165) is 6.07 Å². The lowest BCUT2D eigenvalue weighted by molar-refractivity contribution is -0.139. The molecule has 0 amide bonds. The first-order valence-electron chi connectivity index (χ1n) is 5.27. The van der Waals surface area contributed by atoms with Crippen LogP contribution in [0.15, 0.2) is 16.7 Å². The summed E-state index contributed by atoms with van der Waals surface area (Å²) < 4.78 is 63.7. The van der Waals surface area contributed by atoms with Crippen molar-refractivity contribution in [1.29, 1.82) is 0 Å². The predicted octanol–water partition coefficient (Wildman–Crippen LogP) is 4.45. The third-order valence-electron chi connectivity index (χ3n) is 2.90. The first-order valence-corrected chi connectivity index (χ1v) is 6.06. The second kappa shape index (κ2) is 4.43. The summed E-state index contributed by atoms with van der Waals surface area (Å²) >= 11 is 2.92. The molecule has 1 aliphatic rings. The van der Waals surface area contributed by atoms with Crippen molar-refractivity contribution in [2.45, 2.75) is 31.4 Å². The van der Waals surface area contributed by atoms with E-state index in [1.54, 1.807) is 0 Å². The zero-order valence-corrected chi connectivity index (χ0v) is 10.7. The average molecular weight is 330 g/mol. The summed E-state index contributed by atoms with van der Waals surface area (Å²) in [5, 5.41) is 0. The van der Waals surface area contributed by atoms with Crippen molar-refractivity contribution in [2.24, 2.45) is 5.92 Å². The van der Waals surface area contributed by atoms with E-state index in [0.29, 0.717) is 0 Å². The van der Waals surface area contributed by atoms with Crippen molar-refractivity contribution in [1.82, 2.24) is 4.98 Å². The average Bonchev–Trinajstić information content (AvgIpc) is 2.16. The van der Waals surface area contributed by atoms with E-state index in [9.17, 15) is 22.0 Å². The molecule has 0 bridgehead atoms. The maximum absolute atomic E-state index is 12.7. The molecule has 2 rings (SSSR count). The Morgan fingerprint density at radius 2 is 1.94 bits per heavy atom. The Labute approximate surface area is 109 Å². The molecule has 0 saturated heterocycles. The highest BCUT2D eigenvalue weighted by atomic mass is 79.9. The van der Waals surface area contributed by atoms with Crippen molar-refractivity contribution < 1.29 is 22.0 Å². The number of hydrogen-bond donors (Lipinski definition) is 0. The standard InChI is InChI=1S/C11H9BrF5N/c12-7-2-8(11(15,16)17)9(18-5-7)1-6-3-10(13,14)4-6/h2,5-6H,1,3-4H2. The summed E-state index contributed by atoms with van der Waals surface area (Å²) in [6, 6.07) is 0.930. The molecule has 0 aromatic carbocycles. The second-order valence-corrected chi connectivity index (χ2v) is 5.40. The van der Waals surface area contributed by atoms with Gasteiger partial charge in [0.05, 0.1) is 11.3 Å². The highest BCUT2D eigenvalue weighted by molar-refractivity contribution is 9.10. The maximum atomic E-state index is 12.7. The van der Waals surface area contributed by atoms with Crippen molar-refractivity contribution in [3.63, 3.8) is 0 Å². The van der Waals surface area contributed by atoms with Gasteiger partial charge in [0, 0.05) is 23.5 Å². The fourth-order valence-corrected chi connectivity index (χ4v) is 2.41. The Balaban J connectivity index is 2.18. The molecule has 0 spiro atoms. The second-order valence-electron chi connectivity index (χ2n) is 4.48. The molecular weight excluding hydrogens is 321 g/mol. The largest absolute Gasteiger partial charge is 0.418 e. The van der Waals surface area contributed by atoms with Crippen LogP contribution in [0.25, 0.3) is 0 Å². The number of aromatic nitrogens is 1. The van der Waals surface area contributed by atoms with Gasteiger partial charge in [0.25, 0.3) is 0 Å². The zero-order valence-electron chi connectivity index (χ0n) is 9.07. The van der Waals surface area contributed by atoms with Gasteiger partial charge in [-0.1, -0.05) is 0 Å². The van der Waals surface area contributed by atoms with Gasteiger partial charge in [-0.25, -0.2) is 8.78 Å². The molecule has 0 radical (unpaired) electrons. The SMILES string of the molecule is FC1(F)CC(Cc2ncc(Br)cc2C(F)(F)F)C1. The van der Waals surface area contributed by atoms with Gasteiger partial charge in [-0.05, 0) is 34.3 Å². The predicted molar refractivity (Wildman–Crippen MR) is 58.3 cm³/mol. The topological polar surface area (TPSA) is 12.9 Å². The number of hydrogen-bond acceptors (Lipinski definition) is 1. The van der Waals surface area contributed by atoms with E-state index in [2.05, 4.69) is 20.9 Å². The summed E-state index contributed by atoms with van der Waals surface area (Å²) in [5.74, 6) is -3.15. The molecule has 0 aliphatic heterocycles. The minimum Gasteiger partial charge on any atom is -0.259 e. The third kappa shape index (κ3) is 2.99. The van der Waals surface area contributed by atoms with Crippen molar-refractivity contribution in [3.05, 3.63) is 28.0 Å². The number of alkyl halides is 5. The number of rotatable bonds is 2. The Hall–Kier alpha value is -0.720. The van der Waals surface area contributed by atoms with E-state index in [-0.39, 0.29) is 29.4 Å². The molecule has 1 fully saturated rings. The number of halogens is 6. The summed E-state index contributed by atoms with van der Waals surface area (Å²) in [5.41, 5.74) is -1.02. The van der Waals surface area contributed by atoms with E-state index in [1.807, 2.05) is 0 Å². The van der Waals surface area contributed by atoms with E-state index < -0.39 is 23.6 Å². The van der Waals surface area contributed by atoms with Crippen molar-refractivity contribution in [3.8, 4) is 0 Å². The van der Waals surface area contributed by atoms with Gasteiger partial charge in [0.1, 0.15) is 0 Å². The Morgan fingerprint density at radius 3 is 2.44 bits per heavy atom. The molecule has 1 saturated carbocycles. The molecule has 0 atom stereocenters. The van der Waals surface area contributed by atoms with Crippen LogP contribution in [0, 0.1) is 5.92 Å². The van der Waals surface area contributed by atoms with E-state index in [4.69, 9.17) is 0 Å². The van der Waals surface area contributed by atoms with Crippen LogP contribution >= 0.6 is 15.9 Å². The molecule has 1 aromatic rings. The molecule has 0 N–H and O–H groups in total. The lowest BCUT2D eigenvalue weighted by atomic mass is 9.78. The Kier molecular flexibility index (Phi) is 3.38. The first-order chi connectivity index (χ1) is 8.17. The highest BCUT2D eigenvalue weighted by Gasteiger charge is 2.46. The van der Waals surface area contributed by atoms with Crippen LogP contribution in [0.2, 0.25) is 0 Å². The molecule has 100 valence electrons. The van der Waals surface area contributed by atoms with Crippen molar-refractivity contribution in [2.75, 3.05) is 0 Å². The Morgan fingerprint density at radius 1 is 1.33 bits per heavy atom. The summed E-state index contributed by atoms with van der Waals surface area (Å²) in [7, 11) is 0. The molecule has 18 heavy (non-hydrogen) atoms. The van der Waals surface area contributed by atoms with Gasteiger partial charge in [-0.3, -0.25) is 4.98 Å². The summed E-state index contributed by atoms with van der Waals surface area (Å²) in [4.78, 5) is 3.70. The number of nitrogens with zero attached hydrogens (tertiary/aromatic N) is 1. The fourth-order valence-electron chi connectivity index (χ4n) is 2.08. The minimum absolute atomic E-state index is 0.0578. The van der Waals surface area contributed by atoms with Crippen LogP contribution in [0.1, 0.15) is 24.1 Å². The quantitative estimate of drug-likeness (QED) is 0.730. The van der Waals surface area contributed by atoms with Crippen LogP contribution in [0.4, 0.5) is 22.0 Å². The van der Waals surface area contributed by atoms with Gasteiger partial charge in [0.15, 0.2) is 0 Å². The highest BCUT2D eigenvalue weighted by Crippen LogP contribution is 2.45. The fraction of sp³-hybridized carbons (Fsp3) is 0.545. The van der Waals surface area contributed by atoms with Gasteiger partial charge >= 0.3 is 6.18 Å². The lowest BCUT2D eigenvalue weighted by Crippen LogP contribution is -2.37. The summed E-state index contributed by atoms with van der Waals surface area (Å²) in [6.07, 6.45) is -4.04. The third-order valence-corrected chi connectivity index (χ3v) is 3.33. The molecule has 1 aliphatic carbocycles. The maximum Gasteiger partial charge on any atom is 0.418 e. The lowest BCUT2D eigenvalue weighted by Gasteiger charge is -2.35. The molecule has 1 nitrogen and oxygen atoms in total.